The minimum atomic E-state index is -0.314. The number of hydrogen-bond donors (Lipinski definition) is 0. The van der Waals surface area contributed by atoms with E-state index < -0.39 is 0 Å². The van der Waals surface area contributed by atoms with Gasteiger partial charge in [-0.05, 0) is 12.5 Å². The molecule has 0 N–H and O–H groups in total. The molecule has 0 aliphatic carbocycles. The maximum Gasteiger partial charge on any atom is 0.159 e. The molecule has 0 atom stereocenters. The van der Waals surface area contributed by atoms with Crippen molar-refractivity contribution in [3.05, 3.63) is 42.0 Å². The summed E-state index contributed by atoms with van der Waals surface area (Å²) in [7, 11) is -0.314. The quantitative estimate of drug-likeness (QED) is 0.620. The van der Waals surface area contributed by atoms with Crippen molar-refractivity contribution in [2.75, 3.05) is 0 Å². The van der Waals surface area contributed by atoms with E-state index in [1.54, 1.807) is 0 Å². The van der Waals surface area contributed by atoms with Crippen LogP contribution in [0.15, 0.2) is 30.3 Å². The van der Waals surface area contributed by atoms with Gasteiger partial charge in [-0.25, -0.2) is 0 Å². The molecule has 59 valence electrons. The molecular formula is C9H13OSi. The van der Waals surface area contributed by atoms with Crippen LogP contribution in [0.3, 0.4) is 0 Å². The van der Waals surface area contributed by atoms with E-state index in [4.69, 9.17) is 4.43 Å². The second kappa shape index (κ2) is 4.31. The van der Waals surface area contributed by atoms with Gasteiger partial charge in [0.05, 0.1) is 0 Å². The second-order valence-electron chi connectivity index (χ2n) is 2.36. The molecule has 1 radical (unpaired) electrons. The molecule has 1 nitrogen and oxygen atoms in total. The fourth-order valence-corrected chi connectivity index (χ4v) is 1.57. The molecule has 0 fully saturated rings. The molecule has 0 heterocycles. The first kappa shape index (κ1) is 8.49. The Bertz CT molecular complexity index is 198. The lowest BCUT2D eigenvalue weighted by atomic mass is 10.1. The summed E-state index contributed by atoms with van der Waals surface area (Å²) >= 11 is 0. The first-order chi connectivity index (χ1) is 5.34. The van der Waals surface area contributed by atoms with Gasteiger partial charge in [0, 0.05) is 0 Å². The van der Waals surface area contributed by atoms with Crippen LogP contribution < -0.4 is 0 Å². The monoisotopic (exact) mass is 165 g/mol. The van der Waals surface area contributed by atoms with Crippen LogP contribution in [0.4, 0.5) is 0 Å². The predicted octanol–water partition coefficient (Wildman–Crippen LogP) is 1.74. The Kier molecular flexibility index (Phi) is 3.33. The van der Waals surface area contributed by atoms with Gasteiger partial charge in [0.25, 0.3) is 0 Å². The van der Waals surface area contributed by atoms with Gasteiger partial charge in [0.1, 0.15) is 6.10 Å². The molecule has 0 aromatic heterocycles. The van der Waals surface area contributed by atoms with Gasteiger partial charge < -0.3 is 4.43 Å². The van der Waals surface area contributed by atoms with Crippen molar-refractivity contribution in [3.63, 3.8) is 0 Å². The lowest BCUT2D eigenvalue weighted by Gasteiger charge is -2.09. The van der Waals surface area contributed by atoms with Crippen molar-refractivity contribution in [1.29, 1.82) is 0 Å². The highest BCUT2D eigenvalue weighted by Crippen LogP contribution is 2.13. The van der Waals surface area contributed by atoms with E-state index in [9.17, 15) is 0 Å². The van der Waals surface area contributed by atoms with Crippen molar-refractivity contribution < 1.29 is 4.43 Å². The molecule has 0 aliphatic heterocycles. The molecule has 0 bridgehead atoms. The molecule has 0 amide bonds. The summed E-state index contributed by atoms with van der Waals surface area (Å²) in [6, 6.07) is 10.2. The Hall–Kier alpha value is -0.603. The van der Waals surface area contributed by atoms with Gasteiger partial charge in [-0.3, -0.25) is 0 Å². The summed E-state index contributed by atoms with van der Waals surface area (Å²) in [6.45, 7) is 4.15. The first-order valence-corrected chi connectivity index (χ1v) is 5.85. The Morgan fingerprint density at radius 2 is 1.91 bits per heavy atom. The summed E-state index contributed by atoms with van der Waals surface area (Å²) in [6.07, 6.45) is 1.06. The Balaban J connectivity index is 2.61. The zero-order valence-electron chi connectivity index (χ0n) is 7.00. The third-order valence-corrected chi connectivity index (χ3v) is 2.26. The van der Waals surface area contributed by atoms with Gasteiger partial charge in [0.15, 0.2) is 9.76 Å². The zero-order chi connectivity index (χ0) is 8.10. The van der Waals surface area contributed by atoms with Gasteiger partial charge in [-0.15, -0.1) is 0 Å². The fraction of sp³-hybridized carbons (Fsp3) is 0.222. The van der Waals surface area contributed by atoms with Crippen LogP contribution in [0.25, 0.3) is 0 Å². The van der Waals surface area contributed by atoms with E-state index in [1.807, 2.05) is 25.1 Å². The minimum Gasteiger partial charge on any atom is -0.412 e. The van der Waals surface area contributed by atoms with Crippen LogP contribution in [0.5, 0.6) is 0 Å². The summed E-state index contributed by atoms with van der Waals surface area (Å²) in [4.78, 5) is 0. The van der Waals surface area contributed by atoms with Gasteiger partial charge in [-0.2, -0.15) is 0 Å². The molecule has 0 spiro atoms. The third-order valence-electron chi connectivity index (χ3n) is 1.54. The summed E-state index contributed by atoms with van der Waals surface area (Å²) < 4.78 is 5.48. The highest BCUT2D eigenvalue weighted by Gasteiger charge is 2.02. The molecule has 1 aromatic carbocycles. The van der Waals surface area contributed by atoms with E-state index in [-0.39, 0.29) is 9.76 Å². The molecule has 1 rings (SSSR count). The van der Waals surface area contributed by atoms with Crippen molar-refractivity contribution in [3.8, 4) is 0 Å². The fourth-order valence-electron chi connectivity index (χ4n) is 0.973. The van der Waals surface area contributed by atoms with Crippen molar-refractivity contribution >= 4 is 9.76 Å². The molecule has 1 aromatic rings. The Labute approximate surface area is 70.3 Å². The van der Waals surface area contributed by atoms with E-state index in [0.717, 1.165) is 6.10 Å². The average Bonchev–Trinajstić information content (AvgIpc) is 2.07. The van der Waals surface area contributed by atoms with Crippen LogP contribution >= 0.6 is 0 Å². The van der Waals surface area contributed by atoms with E-state index in [2.05, 4.69) is 18.7 Å². The van der Waals surface area contributed by atoms with Gasteiger partial charge in [0.2, 0.25) is 0 Å². The lowest BCUT2D eigenvalue weighted by molar-refractivity contribution is 0.385. The van der Waals surface area contributed by atoms with Crippen LogP contribution in [-0.2, 0) is 4.43 Å². The molecule has 0 unspecified atom stereocenters. The SMILES string of the molecule is C[SiH2]O[C](C)c1ccccc1. The molecule has 11 heavy (non-hydrogen) atoms. The molecular weight excluding hydrogens is 152 g/mol. The maximum absolute atomic E-state index is 5.48. The van der Waals surface area contributed by atoms with Crippen LogP contribution in [0, 0.1) is 6.10 Å². The standard InChI is InChI=1S/C9H13OSi/c1-8(10-11-2)9-6-4-3-5-7-9/h3-7H,11H2,1-2H3. The Morgan fingerprint density at radius 3 is 2.45 bits per heavy atom. The highest BCUT2D eigenvalue weighted by atomic mass is 28.2. The summed E-state index contributed by atoms with van der Waals surface area (Å²) in [5.41, 5.74) is 1.20. The van der Waals surface area contributed by atoms with Crippen LogP contribution in [-0.4, -0.2) is 9.76 Å². The third kappa shape index (κ3) is 2.48. The van der Waals surface area contributed by atoms with Crippen LogP contribution in [0.1, 0.15) is 12.5 Å². The average molecular weight is 165 g/mol. The second-order valence-corrected chi connectivity index (χ2v) is 3.22. The zero-order valence-corrected chi connectivity index (χ0v) is 8.42. The molecule has 0 saturated heterocycles. The van der Waals surface area contributed by atoms with E-state index in [0.29, 0.717) is 0 Å². The number of rotatable bonds is 3. The summed E-state index contributed by atoms with van der Waals surface area (Å²) in [5.74, 6) is 0. The van der Waals surface area contributed by atoms with Crippen molar-refractivity contribution in [1.82, 2.24) is 0 Å². The largest absolute Gasteiger partial charge is 0.412 e. The van der Waals surface area contributed by atoms with Crippen molar-refractivity contribution in [2.24, 2.45) is 0 Å². The molecule has 0 saturated carbocycles. The van der Waals surface area contributed by atoms with Gasteiger partial charge in [-0.1, -0.05) is 36.9 Å². The smallest absolute Gasteiger partial charge is 0.159 e. The Morgan fingerprint density at radius 1 is 1.27 bits per heavy atom. The highest BCUT2D eigenvalue weighted by molar-refractivity contribution is 6.25. The lowest BCUT2D eigenvalue weighted by Crippen LogP contribution is -2.01. The minimum absolute atomic E-state index is 0.314. The number of benzene rings is 1. The normalized spacial score (nSPS) is 11.5. The van der Waals surface area contributed by atoms with Crippen molar-refractivity contribution in [2.45, 2.75) is 13.5 Å². The van der Waals surface area contributed by atoms with E-state index >= 15 is 0 Å². The molecule has 2 heteroatoms. The van der Waals surface area contributed by atoms with Crippen LogP contribution in [0.2, 0.25) is 6.55 Å². The van der Waals surface area contributed by atoms with Gasteiger partial charge >= 0.3 is 0 Å². The van der Waals surface area contributed by atoms with E-state index in [1.165, 1.54) is 5.56 Å². The predicted molar refractivity (Wildman–Crippen MR) is 50.0 cm³/mol. The first-order valence-electron chi connectivity index (χ1n) is 3.86. The molecule has 0 aliphatic rings. The number of hydrogen-bond acceptors (Lipinski definition) is 1. The topological polar surface area (TPSA) is 9.23 Å². The maximum atomic E-state index is 5.48. The summed E-state index contributed by atoms with van der Waals surface area (Å²) in [5, 5.41) is 0.